The average molecular weight is 797 g/mol. The highest BCUT2D eigenvalue weighted by atomic mass is 32.1. The third kappa shape index (κ3) is 30.9. The fourth-order valence-electron chi connectivity index (χ4n) is 4.87. The van der Waals surface area contributed by atoms with Crippen molar-refractivity contribution in [1.82, 2.24) is 20.9 Å². The van der Waals surface area contributed by atoms with Gasteiger partial charge in [-0.25, -0.2) is 4.79 Å². The molecule has 0 saturated heterocycles. The van der Waals surface area contributed by atoms with E-state index in [4.69, 9.17) is 34.3 Å². The first-order valence-electron chi connectivity index (χ1n) is 18.2. The van der Waals surface area contributed by atoms with Crippen molar-refractivity contribution in [2.45, 2.75) is 89.1 Å². The van der Waals surface area contributed by atoms with Crippen molar-refractivity contribution < 1.29 is 72.9 Å². The summed E-state index contributed by atoms with van der Waals surface area (Å²) in [4.78, 5) is 80.9. The number of ether oxygens (including phenoxy) is 4. The molecular formula is C34H60N4O15S. The predicted molar refractivity (Wildman–Crippen MR) is 196 cm³/mol. The fraction of sp³-hybridized carbons (Fsp3) is 0.794. The number of nitrogens with zero attached hydrogens (tertiary/aromatic N) is 1. The molecule has 0 aliphatic rings. The highest BCUT2D eigenvalue weighted by Gasteiger charge is 2.29. The maximum absolute atomic E-state index is 12.0. The smallest absolute Gasteiger partial charge is 0.327 e. The van der Waals surface area contributed by atoms with E-state index in [-0.39, 0.29) is 56.6 Å². The van der Waals surface area contributed by atoms with Crippen LogP contribution in [0.2, 0.25) is 0 Å². The van der Waals surface area contributed by atoms with E-state index in [1.807, 2.05) is 0 Å². The number of carbonyl (C=O) groups is 7. The van der Waals surface area contributed by atoms with Crippen LogP contribution in [0.5, 0.6) is 0 Å². The van der Waals surface area contributed by atoms with E-state index >= 15 is 0 Å². The van der Waals surface area contributed by atoms with Crippen molar-refractivity contribution in [2.75, 3.05) is 84.8 Å². The van der Waals surface area contributed by atoms with Crippen LogP contribution in [0.1, 0.15) is 77.0 Å². The maximum atomic E-state index is 12.0. The molecule has 0 rings (SSSR count). The zero-order valence-corrected chi connectivity index (χ0v) is 31.9. The van der Waals surface area contributed by atoms with E-state index in [0.29, 0.717) is 52.6 Å². The minimum absolute atomic E-state index is 0.0592. The van der Waals surface area contributed by atoms with Crippen LogP contribution in [0.3, 0.4) is 0 Å². The van der Waals surface area contributed by atoms with E-state index < -0.39 is 55.0 Å². The van der Waals surface area contributed by atoms with Gasteiger partial charge in [0.15, 0.2) is 0 Å². The number of unbranched alkanes of at least 4 members (excludes halogenated alkanes) is 7. The summed E-state index contributed by atoms with van der Waals surface area (Å²) in [5, 5.41) is 44.1. The van der Waals surface area contributed by atoms with Gasteiger partial charge in [-0.15, -0.1) is 0 Å². The van der Waals surface area contributed by atoms with Gasteiger partial charge in [0.25, 0.3) is 0 Å². The molecule has 7 N–H and O–H groups in total. The molecule has 0 aliphatic heterocycles. The lowest BCUT2D eigenvalue weighted by Crippen LogP contribution is -2.47. The Balaban J connectivity index is 3.57. The van der Waals surface area contributed by atoms with Crippen LogP contribution in [0, 0.1) is 0 Å². The molecule has 0 bridgehead atoms. The molecular weight excluding hydrogens is 736 g/mol. The summed E-state index contributed by atoms with van der Waals surface area (Å²) in [6.45, 7) is 1.62. The summed E-state index contributed by atoms with van der Waals surface area (Å²) >= 11 is 3.92. The second-order valence-corrected chi connectivity index (χ2v) is 12.6. The second-order valence-electron chi connectivity index (χ2n) is 12.2. The van der Waals surface area contributed by atoms with E-state index in [0.717, 1.165) is 56.3 Å². The number of amides is 3. The highest BCUT2D eigenvalue weighted by Crippen LogP contribution is 2.10. The molecule has 0 aromatic heterocycles. The number of carboxylic acid groups (broad SMARTS) is 4. The lowest BCUT2D eigenvalue weighted by Gasteiger charge is -2.25. The molecule has 19 nitrogen and oxygen atoms in total. The fourth-order valence-corrected chi connectivity index (χ4v) is 5.12. The average Bonchev–Trinajstić information content (AvgIpc) is 3.10. The van der Waals surface area contributed by atoms with Crippen molar-refractivity contribution in [1.29, 1.82) is 0 Å². The van der Waals surface area contributed by atoms with Crippen molar-refractivity contribution in [2.24, 2.45) is 0 Å². The Kier molecular flexibility index (Phi) is 31.7. The Morgan fingerprint density at radius 2 is 0.981 bits per heavy atom. The van der Waals surface area contributed by atoms with Crippen LogP contribution >= 0.6 is 12.6 Å². The first kappa shape index (κ1) is 50.4. The SMILES string of the molecule is O=C(O)CN(CC(=O)O)C(CCC(=O)NCCOCCOCCOCCOCCC(=O)NCCCCCCCCCCC(=O)NC(CS)C(=O)O)C(=O)O. The summed E-state index contributed by atoms with van der Waals surface area (Å²) in [7, 11) is 0. The Bertz CT molecular complexity index is 1090. The van der Waals surface area contributed by atoms with Crippen molar-refractivity contribution in [3.8, 4) is 0 Å². The van der Waals surface area contributed by atoms with Gasteiger partial charge in [0.1, 0.15) is 12.1 Å². The van der Waals surface area contributed by atoms with Crippen molar-refractivity contribution in [3.63, 3.8) is 0 Å². The molecule has 0 aromatic carbocycles. The Hall–Kier alpha value is -3.56. The zero-order valence-electron chi connectivity index (χ0n) is 31.0. The van der Waals surface area contributed by atoms with Crippen LogP contribution in [0.4, 0.5) is 0 Å². The molecule has 20 heteroatoms. The molecule has 0 fully saturated rings. The van der Waals surface area contributed by atoms with Gasteiger partial charge in [-0.3, -0.25) is 33.7 Å². The maximum Gasteiger partial charge on any atom is 0.327 e. The quantitative estimate of drug-likeness (QED) is 0.0310. The topological polar surface area (TPSA) is 277 Å². The van der Waals surface area contributed by atoms with Crippen LogP contribution < -0.4 is 16.0 Å². The summed E-state index contributed by atoms with van der Waals surface area (Å²) in [6, 6.07) is -2.40. The minimum atomic E-state index is -1.45. The van der Waals surface area contributed by atoms with Gasteiger partial charge in [0.05, 0.1) is 65.9 Å². The van der Waals surface area contributed by atoms with Gasteiger partial charge in [0.2, 0.25) is 17.7 Å². The Labute approximate surface area is 321 Å². The van der Waals surface area contributed by atoms with Gasteiger partial charge in [0, 0.05) is 38.1 Å². The van der Waals surface area contributed by atoms with Crippen LogP contribution in [0.15, 0.2) is 0 Å². The number of rotatable bonds is 38. The van der Waals surface area contributed by atoms with Gasteiger partial charge < -0.3 is 55.3 Å². The van der Waals surface area contributed by atoms with Gasteiger partial charge in [-0.05, 0) is 19.3 Å². The molecule has 54 heavy (non-hydrogen) atoms. The third-order valence-corrected chi connectivity index (χ3v) is 8.04. The number of hydrogen-bond donors (Lipinski definition) is 8. The van der Waals surface area contributed by atoms with Gasteiger partial charge in [-0.2, -0.15) is 12.6 Å². The monoisotopic (exact) mass is 796 g/mol. The summed E-state index contributed by atoms with van der Waals surface area (Å²) in [6.07, 6.45) is 7.90. The molecule has 3 amide bonds. The lowest BCUT2D eigenvalue weighted by molar-refractivity contribution is -0.149. The summed E-state index contributed by atoms with van der Waals surface area (Å²) in [5.41, 5.74) is 0. The van der Waals surface area contributed by atoms with Crippen LogP contribution in [0.25, 0.3) is 0 Å². The summed E-state index contributed by atoms with van der Waals surface area (Å²) < 4.78 is 21.6. The molecule has 2 atom stereocenters. The van der Waals surface area contributed by atoms with E-state index in [9.17, 15) is 38.7 Å². The minimum Gasteiger partial charge on any atom is -0.480 e. The lowest BCUT2D eigenvalue weighted by atomic mass is 10.1. The first-order chi connectivity index (χ1) is 25.9. The molecule has 0 aliphatic carbocycles. The van der Waals surface area contributed by atoms with Crippen LogP contribution in [-0.2, 0) is 52.5 Å². The number of aliphatic carboxylic acids is 4. The molecule has 0 radical (unpaired) electrons. The molecule has 0 spiro atoms. The van der Waals surface area contributed by atoms with Crippen molar-refractivity contribution >= 4 is 54.2 Å². The normalized spacial score (nSPS) is 12.2. The number of thiol groups is 1. The zero-order chi connectivity index (χ0) is 40.4. The molecule has 0 aromatic rings. The third-order valence-electron chi connectivity index (χ3n) is 7.67. The van der Waals surface area contributed by atoms with Gasteiger partial charge in [-0.1, -0.05) is 38.5 Å². The largest absolute Gasteiger partial charge is 0.480 e. The number of hydrogen-bond acceptors (Lipinski definition) is 13. The van der Waals surface area contributed by atoms with Crippen molar-refractivity contribution in [3.05, 3.63) is 0 Å². The number of carbonyl (C=O) groups excluding carboxylic acids is 3. The standard InChI is InChI=1S/C34H60N4O15S/c39-28(11-10-27(34(48)49)38(23-31(42)43)24-32(44)45)36-14-16-51-18-20-53-22-21-52-19-17-50-15-12-29(40)35-13-8-6-4-2-1-3-5-7-9-30(41)37-26(25-54)33(46)47/h26-27,54H,1-25H2,(H,35,40)(H,36,39)(H,37,41)(H,42,43)(H,44,45)(H,46,47)(H,48,49). The Morgan fingerprint density at radius 3 is 1.48 bits per heavy atom. The van der Waals surface area contributed by atoms with E-state index in [2.05, 4.69) is 28.6 Å². The first-order valence-corrected chi connectivity index (χ1v) is 18.9. The molecule has 0 saturated carbocycles. The highest BCUT2D eigenvalue weighted by molar-refractivity contribution is 7.80. The number of nitrogens with one attached hydrogen (secondary N) is 3. The molecule has 2 unspecified atom stereocenters. The van der Waals surface area contributed by atoms with Crippen LogP contribution in [-0.4, -0.2) is 164 Å². The van der Waals surface area contributed by atoms with E-state index in [1.54, 1.807) is 0 Å². The molecule has 0 heterocycles. The van der Waals surface area contributed by atoms with Gasteiger partial charge >= 0.3 is 23.9 Å². The molecule has 312 valence electrons. The number of carboxylic acids is 4. The second kappa shape index (κ2) is 34.0. The van der Waals surface area contributed by atoms with E-state index in [1.165, 1.54) is 0 Å². The Morgan fingerprint density at radius 1 is 0.519 bits per heavy atom. The predicted octanol–water partition coefficient (Wildman–Crippen LogP) is 0.390. The summed E-state index contributed by atoms with van der Waals surface area (Å²) in [5.74, 6) is -6.02.